The van der Waals surface area contributed by atoms with Crippen molar-refractivity contribution >= 4 is 27.8 Å². The van der Waals surface area contributed by atoms with Crippen LogP contribution in [0.25, 0.3) is 11.3 Å². The summed E-state index contributed by atoms with van der Waals surface area (Å²) in [5.41, 5.74) is 4.18. The van der Waals surface area contributed by atoms with Crippen LogP contribution in [0.3, 0.4) is 0 Å². The molecule has 1 saturated heterocycles. The number of hydrogen-bond acceptors (Lipinski definition) is 6. The topological polar surface area (TPSA) is 51.6 Å². The van der Waals surface area contributed by atoms with Gasteiger partial charge in [0.2, 0.25) is 0 Å². The maximum absolute atomic E-state index is 9.56. The Morgan fingerprint density at radius 2 is 1.81 bits per heavy atom. The van der Waals surface area contributed by atoms with Gasteiger partial charge in [0, 0.05) is 54.6 Å². The predicted octanol–water partition coefficient (Wildman–Crippen LogP) is 4.01. The third-order valence-corrected chi connectivity index (χ3v) is 5.39. The number of aromatic hydroxyl groups is 1. The van der Waals surface area contributed by atoms with E-state index in [1.807, 2.05) is 12.1 Å². The van der Waals surface area contributed by atoms with E-state index < -0.39 is 0 Å². The fraction of sp³-hybridized carbons (Fsp3) is 0.250. The quantitative estimate of drug-likeness (QED) is 0.731. The van der Waals surface area contributed by atoms with Gasteiger partial charge in [-0.25, -0.2) is 4.98 Å². The van der Waals surface area contributed by atoms with Gasteiger partial charge in [-0.15, -0.1) is 11.3 Å². The van der Waals surface area contributed by atoms with Crippen molar-refractivity contribution in [1.82, 2.24) is 9.88 Å². The van der Waals surface area contributed by atoms with E-state index in [1.165, 1.54) is 5.69 Å². The smallest absolute Gasteiger partial charge is 0.187 e. The second-order valence-electron chi connectivity index (χ2n) is 6.55. The van der Waals surface area contributed by atoms with E-state index in [0.717, 1.165) is 48.3 Å². The lowest BCUT2D eigenvalue weighted by Gasteiger charge is -2.34. The first-order valence-electron chi connectivity index (χ1n) is 8.73. The van der Waals surface area contributed by atoms with E-state index in [-0.39, 0.29) is 5.75 Å². The maximum Gasteiger partial charge on any atom is 0.187 e. The highest BCUT2D eigenvalue weighted by molar-refractivity contribution is 7.14. The number of likely N-dealkylation sites (N-methyl/N-ethyl adjacent to an activating group) is 1. The largest absolute Gasteiger partial charge is 0.508 e. The average molecular weight is 366 g/mol. The standard InChI is InChI=1S/C20H22N4OS/c1-23-9-11-24(12-10-23)17-7-5-15(6-8-17)19-14-26-20(22-19)21-16-3-2-4-18(25)13-16/h2-8,13-14,25H,9-12H2,1H3,(H,21,22). The van der Waals surface area contributed by atoms with Gasteiger partial charge in [0.1, 0.15) is 5.75 Å². The van der Waals surface area contributed by atoms with Gasteiger partial charge in [-0.3, -0.25) is 0 Å². The van der Waals surface area contributed by atoms with Gasteiger partial charge in [-0.2, -0.15) is 0 Å². The Kier molecular flexibility index (Phi) is 4.77. The number of aromatic nitrogens is 1. The molecule has 2 heterocycles. The second-order valence-corrected chi connectivity index (χ2v) is 7.41. The summed E-state index contributed by atoms with van der Waals surface area (Å²) in [5, 5.41) is 15.7. The van der Waals surface area contributed by atoms with E-state index in [0.29, 0.717) is 0 Å². The van der Waals surface area contributed by atoms with Crippen molar-refractivity contribution < 1.29 is 5.11 Å². The van der Waals surface area contributed by atoms with Crippen molar-refractivity contribution in [1.29, 1.82) is 0 Å². The Hall–Kier alpha value is -2.57. The molecule has 0 atom stereocenters. The molecular formula is C20H22N4OS. The summed E-state index contributed by atoms with van der Waals surface area (Å²) in [6.45, 7) is 4.37. The van der Waals surface area contributed by atoms with Crippen molar-refractivity contribution in [3.05, 3.63) is 53.9 Å². The molecule has 1 aliphatic heterocycles. The maximum atomic E-state index is 9.56. The lowest BCUT2D eigenvalue weighted by Crippen LogP contribution is -2.44. The highest BCUT2D eigenvalue weighted by Gasteiger charge is 2.14. The third-order valence-electron chi connectivity index (χ3n) is 4.63. The number of thiazole rings is 1. The van der Waals surface area contributed by atoms with Crippen LogP contribution in [-0.4, -0.2) is 48.2 Å². The average Bonchev–Trinajstić information content (AvgIpc) is 3.11. The molecule has 0 saturated carbocycles. The van der Waals surface area contributed by atoms with Gasteiger partial charge in [0.05, 0.1) is 5.69 Å². The second kappa shape index (κ2) is 7.35. The molecule has 6 heteroatoms. The molecule has 2 aromatic carbocycles. The van der Waals surface area contributed by atoms with Gasteiger partial charge in [-0.05, 0) is 31.3 Å². The molecule has 3 aromatic rings. The number of piperazine rings is 1. The Labute approximate surface area is 157 Å². The van der Waals surface area contributed by atoms with Crippen molar-refractivity contribution in [3.63, 3.8) is 0 Å². The normalized spacial score (nSPS) is 15.2. The van der Waals surface area contributed by atoms with Crippen molar-refractivity contribution in [2.75, 3.05) is 43.4 Å². The van der Waals surface area contributed by atoms with E-state index in [1.54, 1.807) is 23.5 Å². The minimum absolute atomic E-state index is 0.242. The highest BCUT2D eigenvalue weighted by atomic mass is 32.1. The molecule has 0 bridgehead atoms. The number of hydrogen-bond donors (Lipinski definition) is 2. The molecule has 0 amide bonds. The van der Waals surface area contributed by atoms with Crippen LogP contribution >= 0.6 is 11.3 Å². The van der Waals surface area contributed by atoms with Gasteiger partial charge >= 0.3 is 0 Å². The molecule has 0 unspecified atom stereocenters. The summed E-state index contributed by atoms with van der Waals surface area (Å²) in [7, 11) is 2.17. The summed E-state index contributed by atoms with van der Waals surface area (Å²) >= 11 is 1.56. The zero-order valence-electron chi connectivity index (χ0n) is 14.7. The molecule has 1 aromatic heterocycles. The number of anilines is 3. The first kappa shape index (κ1) is 16.9. The Bertz CT molecular complexity index is 870. The molecule has 1 fully saturated rings. The minimum Gasteiger partial charge on any atom is -0.508 e. The molecule has 5 nitrogen and oxygen atoms in total. The molecule has 134 valence electrons. The molecular weight excluding hydrogens is 344 g/mol. The first-order valence-corrected chi connectivity index (χ1v) is 9.61. The molecule has 0 spiro atoms. The van der Waals surface area contributed by atoms with Crippen LogP contribution in [0.5, 0.6) is 5.75 Å². The van der Waals surface area contributed by atoms with Crippen LogP contribution in [0.1, 0.15) is 0 Å². The van der Waals surface area contributed by atoms with E-state index >= 15 is 0 Å². The van der Waals surface area contributed by atoms with Crippen LogP contribution in [0.15, 0.2) is 53.9 Å². The summed E-state index contributed by atoms with van der Waals surface area (Å²) < 4.78 is 0. The summed E-state index contributed by atoms with van der Waals surface area (Å²) in [6, 6.07) is 15.7. The number of rotatable bonds is 4. The Balaban J connectivity index is 1.45. The Morgan fingerprint density at radius 3 is 2.54 bits per heavy atom. The van der Waals surface area contributed by atoms with E-state index in [2.05, 4.69) is 56.8 Å². The fourth-order valence-corrected chi connectivity index (χ4v) is 3.82. The number of phenolic OH excluding ortho intramolecular Hbond substituents is 1. The summed E-state index contributed by atoms with van der Waals surface area (Å²) in [6.07, 6.45) is 0. The van der Waals surface area contributed by atoms with E-state index in [9.17, 15) is 5.11 Å². The third kappa shape index (κ3) is 3.81. The zero-order valence-corrected chi connectivity index (χ0v) is 15.5. The lowest BCUT2D eigenvalue weighted by molar-refractivity contribution is 0.313. The van der Waals surface area contributed by atoms with Gasteiger partial charge < -0.3 is 20.2 Å². The van der Waals surface area contributed by atoms with Crippen molar-refractivity contribution in [2.45, 2.75) is 0 Å². The first-order chi connectivity index (χ1) is 12.7. The highest BCUT2D eigenvalue weighted by Crippen LogP contribution is 2.29. The number of benzene rings is 2. The van der Waals surface area contributed by atoms with Crippen LogP contribution in [0.2, 0.25) is 0 Å². The lowest BCUT2D eigenvalue weighted by atomic mass is 10.1. The van der Waals surface area contributed by atoms with Gasteiger partial charge in [0.25, 0.3) is 0 Å². The van der Waals surface area contributed by atoms with Crippen molar-refractivity contribution in [2.24, 2.45) is 0 Å². The van der Waals surface area contributed by atoms with Gasteiger partial charge in [0.15, 0.2) is 5.13 Å². The number of nitrogens with one attached hydrogen (secondary N) is 1. The molecule has 0 aliphatic carbocycles. The Morgan fingerprint density at radius 1 is 1.04 bits per heavy atom. The summed E-state index contributed by atoms with van der Waals surface area (Å²) in [5.74, 6) is 0.242. The molecule has 0 radical (unpaired) electrons. The molecule has 1 aliphatic rings. The fourth-order valence-electron chi connectivity index (χ4n) is 3.08. The van der Waals surface area contributed by atoms with Crippen LogP contribution < -0.4 is 10.2 Å². The monoisotopic (exact) mass is 366 g/mol. The number of nitrogens with zero attached hydrogens (tertiary/aromatic N) is 3. The van der Waals surface area contributed by atoms with Crippen LogP contribution in [0.4, 0.5) is 16.5 Å². The van der Waals surface area contributed by atoms with Crippen molar-refractivity contribution in [3.8, 4) is 17.0 Å². The SMILES string of the molecule is CN1CCN(c2ccc(-c3csc(Nc4cccc(O)c4)n3)cc2)CC1. The van der Waals surface area contributed by atoms with Crippen LogP contribution in [-0.2, 0) is 0 Å². The van der Waals surface area contributed by atoms with E-state index in [4.69, 9.17) is 0 Å². The minimum atomic E-state index is 0.242. The van der Waals surface area contributed by atoms with Gasteiger partial charge in [-0.1, -0.05) is 18.2 Å². The van der Waals surface area contributed by atoms with Crippen LogP contribution in [0, 0.1) is 0 Å². The predicted molar refractivity (Wildman–Crippen MR) is 109 cm³/mol. The summed E-state index contributed by atoms with van der Waals surface area (Å²) in [4.78, 5) is 9.46. The molecule has 26 heavy (non-hydrogen) atoms. The molecule has 4 rings (SSSR count). The number of phenols is 1. The molecule has 2 N–H and O–H groups in total. The zero-order chi connectivity index (χ0) is 17.9.